The van der Waals surface area contributed by atoms with Crippen molar-refractivity contribution in [3.05, 3.63) is 99.8 Å². The van der Waals surface area contributed by atoms with Gasteiger partial charge in [-0.15, -0.1) is 0 Å². The summed E-state index contributed by atoms with van der Waals surface area (Å²) in [4.78, 5) is 29.2. The first-order valence-corrected chi connectivity index (χ1v) is 15.5. The molecule has 3 rings (SSSR count). The smallest absolute Gasteiger partial charge is 0.304 e. The molecule has 3 aromatic rings. The van der Waals surface area contributed by atoms with Gasteiger partial charge in [0.1, 0.15) is 18.4 Å². The van der Waals surface area contributed by atoms with Gasteiger partial charge in [-0.05, 0) is 35.7 Å². The van der Waals surface area contributed by atoms with Gasteiger partial charge in [0, 0.05) is 49.2 Å². The van der Waals surface area contributed by atoms with E-state index in [2.05, 4.69) is 5.32 Å². The summed E-state index contributed by atoms with van der Waals surface area (Å²) in [5.74, 6) is -1.88. The number of nitrogens with zero attached hydrogens (tertiary/aromatic N) is 3. The fraction of sp³-hybridized carbons (Fsp3) is 0.333. The van der Waals surface area contributed by atoms with E-state index in [4.69, 9.17) is 23.2 Å². The highest BCUT2D eigenvalue weighted by Crippen LogP contribution is 2.28. The number of carbonyl (C=O) groups excluding carboxylic acids is 2. The van der Waals surface area contributed by atoms with Gasteiger partial charge >= 0.3 is 10.2 Å². The Bertz CT molecular complexity index is 1470. The van der Waals surface area contributed by atoms with Crippen LogP contribution in [-0.2, 0) is 32.8 Å². The first-order valence-electron chi connectivity index (χ1n) is 13.3. The molecule has 0 radical (unpaired) electrons. The zero-order valence-corrected chi connectivity index (χ0v) is 26.3. The predicted molar refractivity (Wildman–Crippen MR) is 165 cm³/mol. The minimum absolute atomic E-state index is 0.124. The van der Waals surface area contributed by atoms with Crippen LogP contribution in [0.15, 0.2) is 72.8 Å². The van der Waals surface area contributed by atoms with E-state index in [1.807, 2.05) is 44.2 Å². The van der Waals surface area contributed by atoms with Crippen molar-refractivity contribution in [3.8, 4) is 0 Å². The van der Waals surface area contributed by atoms with E-state index in [0.29, 0.717) is 16.4 Å². The normalized spacial score (nSPS) is 12.3. The van der Waals surface area contributed by atoms with Crippen LogP contribution in [0.1, 0.15) is 25.0 Å². The van der Waals surface area contributed by atoms with Gasteiger partial charge < -0.3 is 10.2 Å². The molecule has 1 unspecified atom stereocenters. The third-order valence-corrected chi connectivity index (χ3v) is 9.00. The van der Waals surface area contributed by atoms with Gasteiger partial charge in [-0.3, -0.25) is 9.59 Å². The molecule has 0 fully saturated rings. The number of hydrogen-bond donors (Lipinski definition) is 1. The standard InChI is InChI=1S/C30H35Cl2FN4O4S/c1-21(2)18-34-30(39)28(17-22-11-6-5-7-12-22)36(19-23-24(31)13-10-14-25(23)32)29(38)20-37(42(40,41)35(3)4)27-16-9-8-15-26(27)33/h5-16,21,28H,17-20H2,1-4H3,(H,34,39). The molecule has 0 bridgehead atoms. The molecule has 0 aromatic heterocycles. The molecule has 0 heterocycles. The summed E-state index contributed by atoms with van der Waals surface area (Å²) in [7, 11) is -1.76. The Morgan fingerprint density at radius 1 is 0.905 bits per heavy atom. The van der Waals surface area contributed by atoms with E-state index in [-0.39, 0.29) is 34.6 Å². The van der Waals surface area contributed by atoms with Crippen LogP contribution in [0.3, 0.4) is 0 Å². The molecule has 2 amide bonds. The molecule has 0 aliphatic heterocycles. The number of anilines is 1. The Morgan fingerprint density at radius 2 is 1.50 bits per heavy atom. The van der Waals surface area contributed by atoms with Crippen LogP contribution in [0.25, 0.3) is 0 Å². The maximum absolute atomic E-state index is 14.9. The molecule has 3 aromatic carbocycles. The lowest BCUT2D eigenvalue weighted by atomic mass is 10.0. The van der Waals surface area contributed by atoms with Crippen molar-refractivity contribution >= 4 is 50.9 Å². The third kappa shape index (κ3) is 8.44. The summed E-state index contributed by atoms with van der Waals surface area (Å²) >= 11 is 13.0. The summed E-state index contributed by atoms with van der Waals surface area (Å²) in [6.07, 6.45) is 0.124. The first-order chi connectivity index (χ1) is 19.8. The van der Waals surface area contributed by atoms with Gasteiger partial charge in [0.05, 0.1) is 5.69 Å². The number of halogens is 3. The lowest BCUT2D eigenvalue weighted by molar-refractivity contribution is -0.140. The number of rotatable bonds is 13. The fourth-order valence-corrected chi connectivity index (χ4v) is 5.77. The Kier molecular flexibility index (Phi) is 11.8. The van der Waals surface area contributed by atoms with Gasteiger partial charge in [-0.2, -0.15) is 12.7 Å². The number of benzene rings is 3. The number of para-hydroxylation sites is 1. The van der Waals surface area contributed by atoms with Crippen molar-refractivity contribution in [1.29, 1.82) is 0 Å². The van der Waals surface area contributed by atoms with Crippen molar-refractivity contribution in [3.63, 3.8) is 0 Å². The fourth-order valence-electron chi connectivity index (χ4n) is 4.19. The first kappa shape index (κ1) is 33.3. The van der Waals surface area contributed by atoms with Crippen molar-refractivity contribution in [2.45, 2.75) is 32.9 Å². The van der Waals surface area contributed by atoms with Crippen LogP contribution >= 0.6 is 23.2 Å². The topological polar surface area (TPSA) is 90.0 Å². The lowest BCUT2D eigenvalue weighted by Gasteiger charge is -2.34. The zero-order chi connectivity index (χ0) is 31.0. The predicted octanol–water partition coefficient (Wildman–Crippen LogP) is 5.16. The molecule has 0 spiro atoms. The maximum atomic E-state index is 14.9. The Labute approximate surface area is 257 Å². The van der Waals surface area contributed by atoms with Crippen LogP contribution in [0.4, 0.5) is 10.1 Å². The maximum Gasteiger partial charge on any atom is 0.304 e. The van der Waals surface area contributed by atoms with E-state index in [0.717, 1.165) is 15.9 Å². The molecule has 1 N–H and O–H groups in total. The Balaban J connectivity index is 2.14. The quantitative estimate of drug-likeness (QED) is 0.281. The molecule has 1 atom stereocenters. The van der Waals surface area contributed by atoms with Crippen molar-refractivity contribution in [1.82, 2.24) is 14.5 Å². The summed E-state index contributed by atoms with van der Waals surface area (Å²) in [5, 5.41) is 3.44. The highest BCUT2D eigenvalue weighted by atomic mass is 35.5. The van der Waals surface area contributed by atoms with E-state index < -0.39 is 40.4 Å². The number of amides is 2. The second-order valence-electron chi connectivity index (χ2n) is 10.3. The molecule has 0 saturated heterocycles. The number of carbonyl (C=O) groups is 2. The van der Waals surface area contributed by atoms with Gasteiger partial charge in [0.15, 0.2) is 0 Å². The van der Waals surface area contributed by atoms with Gasteiger partial charge in [0.25, 0.3) is 0 Å². The molecule has 8 nitrogen and oxygen atoms in total. The van der Waals surface area contributed by atoms with Crippen LogP contribution in [0, 0.1) is 11.7 Å². The lowest BCUT2D eigenvalue weighted by Crippen LogP contribution is -2.54. The molecule has 0 saturated carbocycles. The largest absolute Gasteiger partial charge is 0.354 e. The van der Waals surface area contributed by atoms with E-state index >= 15 is 0 Å². The van der Waals surface area contributed by atoms with E-state index in [1.54, 1.807) is 18.2 Å². The molecular formula is C30H35Cl2FN4O4S. The molecule has 0 aliphatic rings. The average Bonchev–Trinajstić information content (AvgIpc) is 2.94. The monoisotopic (exact) mass is 636 g/mol. The average molecular weight is 638 g/mol. The summed E-state index contributed by atoms with van der Waals surface area (Å²) in [6, 6.07) is 18.2. The third-order valence-electron chi connectivity index (χ3n) is 6.49. The molecule has 12 heteroatoms. The second kappa shape index (κ2) is 14.8. The minimum atomic E-state index is -4.33. The van der Waals surface area contributed by atoms with Crippen molar-refractivity contribution in [2.24, 2.45) is 5.92 Å². The van der Waals surface area contributed by atoms with Crippen LogP contribution in [0.2, 0.25) is 10.0 Å². The summed E-state index contributed by atoms with van der Waals surface area (Å²) in [5.41, 5.74) is 0.855. The molecule has 42 heavy (non-hydrogen) atoms. The van der Waals surface area contributed by atoms with Gasteiger partial charge in [0.2, 0.25) is 11.8 Å². The Hall–Kier alpha value is -3.18. The minimum Gasteiger partial charge on any atom is -0.354 e. The van der Waals surface area contributed by atoms with Gasteiger partial charge in [-0.1, -0.05) is 85.6 Å². The van der Waals surface area contributed by atoms with Gasteiger partial charge in [-0.25, -0.2) is 8.70 Å². The molecular weight excluding hydrogens is 602 g/mol. The van der Waals surface area contributed by atoms with Crippen molar-refractivity contribution in [2.75, 3.05) is 31.5 Å². The number of nitrogens with one attached hydrogen (secondary N) is 1. The van der Waals surface area contributed by atoms with E-state index in [9.17, 15) is 22.4 Å². The zero-order valence-electron chi connectivity index (χ0n) is 23.9. The van der Waals surface area contributed by atoms with Crippen LogP contribution in [-0.4, -0.2) is 62.7 Å². The summed E-state index contributed by atoms with van der Waals surface area (Å²) in [6.45, 7) is 3.26. The van der Waals surface area contributed by atoms with Crippen LogP contribution < -0.4 is 9.62 Å². The SMILES string of the molecule is CC(C)CNC(=O)C(Cc1ccccc1)N(Cc1c(Cl)cccc1Cl)C(=O)CN(c1ccccc1F)S(=O)(=O)N(C)C. The van der Waals surface area contributed by atoms with E-state index in [1.165, 1.54) is 37.2 Å². The van der Waals surface area contributed by atoms with Crippen LogP contribution in [0.5, 0.6) is 0 Å². The van der Waals surface area contributed by atoms with Crippen molar-refractivity contribution < 1.29 is 22.4 Å². The highest BCUT2D eigenvalue weighted by molar-refractivity contribution is 7.90. The molecule has 0 aliphatic carbocycles. The Morgan fingerprint density at radius 3 is 2.07 bits per heavy atom. The summed E-state index contributed by atoms with van der Waals surface area (Å²) < 4.78 is 43.3. The highest BCUT2D eigenvalue weighted by Gasteiger charge is 2.36. The second-order valence-corrected chi connectivity index (χ2v) is 13.2. The molecule has 226 valence electrons. The number of hydrogen-bond acceptors (Lipinski definition) is 4.